The van der Waals surface area contributed by atoms with Crippen LogP contribution in [-0.4, -0.2) is 71.0 Å². The molecule has 136 valence electrons. The smallest absolute Gasteiger partial charge is 0.234 e. The predicted octanol–water partition coefficient (Wildman–Crippen LogP) is 0.108. The van der Waals surface area contributed by atoms with Crippen LogP contribution in [0.5, 0.6) is 0 Å². The van der Waals surface area contributed by atoms with E-state index in [2.05, 4.69) is 20.2 Å². The molecular weight excluding hydrogens is 322 g/mol. The Bertz CT molecular complexity index is 618. The Morgan fingerprint density at radius 1 is 1.28 bits per heavy atom. The SMILES string of the molecule is CC(=O)N1CCC[C@@H]1c1cncc(CNC(=O)CN2CCOCC2)n1. The van der Waals surface area contributed by atoms with Gasteiger partial charge in [0.25, 0.3) is 0 Å². The number of nitrogens with one attached hydrogen (secondary N) is 1. The van der Waals surface area contributed by atoms with Gasteiger partial charge in [0, 0.05) is 26.6 Å². The Balaban J connectivity index is 1.54. The molecule has 0 spiro atoms. The van der Waals surface area contributed by atoms with Crippen LogP contribution in [0.25, 0.3) is 0 Å². The molecule has 0 unspecified atom stereocenters. The molecule has 0 aromatic carbocycles. The summed E-state index contributed by atoms with van der Waals surface area (Å²) in [5.74, 6) is 0.0360. The van der Waals surface area contributed by atoms with Crippen molar-refractivity contribution in [1.29, 1.82) is 0 Å². The molecule has 1 N–H and O–H groups in total. The van der Waals surface area contributed by atoms with E-state index in [-0.39, 0.29) is 17.9 Å². The van der Waals surface area contributed by atoms with Crippen LogP contribution in [0.2, 0.25) is 0 Å². The van der Waals surface area contributed by atoms with Crippen molar-refractivity contribution in [3.05, 3.63) is 23.8 Å². The fraction of sp³-hybridized carbons (Fsp3) is 0.647. The fourth-order valence-electron chi connectivity index (χ4n) is 3.33. The van der Waals surface area contributed by atoms with Crippen LogP contribution in [0.4, 0.5) is 0 Å². The summed E-state index contributed by atoms with van der Waals surface area (Å²) in [4.78, 5) is 36.5. The summed E-state index contributed by atoms with van der Waals surface area (Å²) in [7, 11) is 0. The third-order valence-electron chi connectivity index (χ3n) is 4.64. The lowest BCUT2D eigenvalue weighted by molar-refractivity contribution is -0.129. The van der Waals surface area contributed by atoms with E-state index in [9.17, 15) is 9.59 Å². The number of nitrogens with zero attached hydrogens (tertiary/aromatic N) is 4. The zero-order valence-electron chi connectivity index (χ0n) is 14.6. The molecule has 3 rings (SSSR count). The number of ether oxygens (including phenoxy) is 1. The molecule has 2 aliphatic heterocycles. The first-order valence-corrected chi connectivity index (χ1v) is 8.78. The van der Waals surface area contributed by atoms with Gasteiger partial charge in [-0.05, 0) is 12.8 Å². The molecule has 25 heavy (non-hydrogen) atoms. The number of hydrogen-bond acceptors (Lipinski definition) is 6. The van der Waals surface area contributed by atoms with Crippen LogP contribution in [-0.2, 0) is 20.9 Å². The van der Waals surface area contributed by atoms with E-state index >= 15 is 0 Å². The molecule has 1 aromatic rings. The Morgan fingerprint density at radius 2 is 2.08 bits per heavy atom. The van der Waals surface area contributed by atoms with Crippen molar-refractivity contribution in [3.63, 3.8) is 0 Å². The molecule has 0 bridgehead atoms. The molecule has 8 nitrogen and oxygen atoms in total. The molecule has 8 heteroatoms. The van der Waals surface area contributed by atoms with Crippen molar-refractivity contribution >= 4 is 11.8 Å². The van der Waals surface area contributed by atoms with E-state index in [0.29, 0.717) is 32.0 Å². The Kier molecular flexibility index (Phi) is 5.93. The summed E-state index contributed by atoms with van der Waals surface area (Å²) in [5.41, 5.74) is 1.51. The number of morpholine rings is 1. The average molecular weight is 347 g/mol. The normalized spacial score (nSPS) is 21.3. The van der Waals surface area contributed by atoms with Gasteiger partial charge in [-0.15, -0.1) is 0 Å². The minimum Gasteiger partial charge on any atom is -0.379 e. The van der Waals surface area contributed by atoms with Crippen LogP contribution in [0.3, 0.4) is 0 Å². The number of carbonyl (C=O) groups is 2. The number of likely N-dealkylation sites (tertiary alicyclic amines) is 1. The topological polar surface area (TPSA) is 87.7 Å². The summed E-state index contributed by atoms with van der Waals surface area (Å²) in [6.07, 6.45) is 5.25. The zero-order valence-corrected chi connectivity index (χ0v) is 14.6. The predicted molar refractivity (Wildman–Crippen MR) is 90.5 cm³/mol. The highest BCUT2D eigenvalue weighted by Gasteiger charge is 2.29. The minimum absolute atomic E-state index is 0.00555. The molecule has 2 saturated heterocycles. The van der Waals surface area contributed by atoms with Crippen LogP contribution >= 0.6 is 0 Å². The monoisotopic (exact) mass is 347 g/mol. The number of rotatable bonds is 5. The van der Waals surface area contributed by atoms with Gasteiger partial charge in [-0.25, -0.2) is 0 Å². The molecule has 2 amide bonds. The lowest BCUT2D eigenvalue weighted by Crippen LogP contribution is -2.43. The highest BCUT2D eigenvalue weighted by Crippen LogP contribution is 2.30. The molecule has 1 aromatic heterocycles. The van der Waals surface area contributed by atoms with Crippen molar-refractivity contribution in [2.24, 2.45) is 0 Å². The number of carbonyl (C=O) groups excluding carboxylic acids is 2. The minimum atomic E-state index is -0.0275. The second kappa shape index (κ2) is 8.35. The maximum Gasteiger partial charge on any atom is 0.234 e. The van der Waals surface area contributed by atoms with Gasteiger partial charge in [0.05, 0.1) is 56.1 Å². The summed E-state index contributed by atoms with van der Waals surface area (Å²) in [6.45, 7) is 5.98. The van der Waals surface area contributed by atoms with Crippen LogP contribution in [0.1, 0.15) is 37.2 Å². The summed E-state index contributed by atoms with van der Waals surface area (Å²) >= 11 is 0. The van der Waals surface area contributed by atoms with Crippen molar-refractivity contribution in [2.75, 3.05) is 39.4 Å². The largest absolute Gasteiger partial charge is 0.379 e. The van der Waals surface area contributed by atoms with E-state index < -0.39 is 0 Å². The van der Waals surface area contributed by atoms with Gasteiger partial charge in [0.15, 0.2) is 0 Å². The Hall–Kier alpha value is -2.06. The van der Waals surface area contributed by atoms with Gasteiger partial charge in [0.1, 0.15) is 0 Å². The van der Waals surface area contributed by atoms with E-state index in [4.69, 9.17) is 4.74 Å². The second-order valence-electron chi connectivity index (χ2n) is 6.47. The van der Waals surface area contributed by atoms with Crippen LogP contribution < -0.4 is 5.32 Å². The van der Waals surface area contributed by atoms with E-state index in [0.717, 1.165) is 38.2 Å². The highest BCUT2D eigenvalue weighted by molar-refractivity contribution is 5.78. The lowest BCUT2D eigenvalue weighted by atomic mass is 10.1. The summed E-state index contributed by atoms with van der Waals surface area (Å²) in [6, 6.07) is -0.00555. The van der Waals surface area contributed by atoms with Gasteiger partial charge in [-0.3, -0.25) is 24.5 Å². The summed E-state index contributed by atoms with van der Waals surface area (Å²) in [5, 5.41) is 2.89. The first-order chi connectivity index (χ1) is 12.1. The second-order valence-corrected chi connectivity index (χ2v) is 6.47. The Morgan fingerprint density at radius 3 is 2.84 bits per heavy atom. The van der Waals surface area contributed by atoms with Crippen LogP contribution in [0.15, 0.2) is 12.4 Å². The zero-order chi connectivity index (χ0) is 17.6. The molecule has 0 saturated carbocycles. The summed E-state index contributed by atoms with van der Waals surface area (Å²) < 4.78 is 5.28. The molecular formula is C17H25N5O3. The van der Waals surface area contributed by atoms with Crippen molar-refractivity contribution in [3.8, 4) is 0 Å². The van der Waals surface area contributed by atoms with Gasteiger partial charge in [0.2, 0.25) is 11.8 Å². The number of hydrogen-bond donors (Lipinski definition) is 1. The maximum atomic E-state index is 12.1. The first-order valence-electron chi connectivity index (χ1n) is 8.78. The van der Waals surface area contributed by atoms with Crippen molar-refractivity contribution < 1.29 is 14.3 Å². The molecule has 3 heterocycles. The third kappa shape index (κ3) is 4.73. The van der Waals surface area contributed by atoms with Crippen molar-refractivity contribution in [2.45, 2.75) is 32.4 Å². The Labute approximate surface area is 147 Å². The molecule has 2 fully saturated rings. The van der Waals surface area contributed by atoms with Gasteiger partial charge < -0.3 is 15.0 Å². The van der Waals surface area contributed by atoms with E-state index in [1.807, 2.05) is 4.90 Å². The molecule has 2 aliphatic rings. The molecule has 0 radical (unpaired) electrons. The highest BCUT2D eigenvalue weighted by atomic mass is 16.5. The lowest BCUT2D eigenvalue weighted by Gasteiger charge is -2.25. The average Bonchev–Trinajstić information content (AvgIpc) is 3.11. The first kappa shape index (κ1) is 17.8. The van der Waals surface area contributed by atoms with Crippen molar-refractivity contribution in [1.82, 2.24) is 25.1 Å². The van der Waals surface area contributed by atoms with Gasteiger partial charge in [-0.2, -0.15) is 0 Å². The van der Waals surface area contributed by atoms with Crippen LogP contribution in [0, 0.1) is 0 Å². The third-order valence-corrected chi connectivity index (χ3v) is 4.64. The van der Waals surface area contributed by atoms with Gasteiger partial charge >= 0.3 is 0 Å². The maximum absolute atomic E-state index is 12.1. The number of amides is 2. The fourth-order valence-corrected chi connectivity index (χ4v) is 3.33. The molecule has 1 atom stereocenters. The van der Waals surface area contributed by atoms with E-state index in [1.165, 1.54) is 0 Å². The van der Waals surface area contributed by atoms with E-state index in [1.54, 1.807) is 19.3 Å². The standard InChI is InChI=1S/C17H25N5O3/c1-13(23)22-4-2-3-16(22)15-11-18-9-14(20-15)10-19-17(24)12-21-5-7-25-8-6-21/h9,11,16H,2-8,10,12H2,1H3,(H,19,24)/t16-/m1/s1. The molecule has 0 aliphatic carbocycles. The number of aromatic nitrogens is 2. The van der Waals surface area contributed by atoms with Gasteiger partial charge in [-0.1, -0.05) is 0 Å². The quantitative estimate of drug-likeness (QED) is 0.813.